The summed E-state index contributed by atoms with van der Waals surface area (Å²) < 4.78 is 5.21. The Balaban J connectivity index is 2.10. The molecule has 0 saturated heterocycles. The summed E-state index contributed by atoms with van der Waals surface area (Å²) in [7, 11) is 1.66. The summed E-state index contributed by atoms with van der Waals surface area (Å²) >= 11 is 0. The van der Waals surface area contributed by atoms with Crippen molar-refractivity contribution in [2.24, 2.45) is 0 Å². The average Bonchev–Trinajstić information content (AvgIpc) is 3.00. The van der Waals surface area contributed by atoms with Gasteiger partial charge in [-0.05, 0) is 31.2 Å². The molecular weight excluding hydrogens is 262 g/mol. The minimum atomic E-state index is 0.746. The molecule has 0 fully saturated rings. The summed E-state index contributed by atoms with van der Waals surface area (Å²) in [4.78, 5) is 1.72. The third-order valence-electron chi connectivity index (χ3n) is 3.35. The Morgan fingerprint density at radius 2 is 1.43 bits per heavy atom. The van der Waals surface area contributed by atoms with Crippen molar-refractivity contribution in [3.05, 3.63) is 54.6 Å². The van der Waals surface area contributed by atoms with Crippen molar-refractivity contribution in [1.29, 1.82) is 0 Å². The van der Waals surface area contributed by atoms with E-state index in [4.69, 9.17) is 4.74 Å². The van der Waals surface area contributed by atoms with E-state index in [9.17, 15) is 0 Å². The van der Waals surface area contributed by atoms with Crippen molar-refractivity contribution < 1.29 is 4.74 Å². The molecule has 0 spiro atoms. The Morgan fingerprint density at radius 3 is 1.95 bits per heavy atom. The second-order valence-electron chi connectivity index (χ2n) is 4.68. The Bertz CT molecular complexity index is 718. The zero-order chi connectivity index (χ0) is 14.7. The van der Waals surface area contributed by atoms with Crippen LogP contribution in [-0.2, 0) is 6.54 Å². The zero-order valence-corrected chi connectivity index (χ0v) is 12.2. The molecule has 0 aliphatic heterocycles. The summed E-state index contributed by atoms with van der Waals surface area (Å²) in [6, 6.07) is 18.0. The first-order chi connectivity index (χ1) is 10.3. The maximum Gasteiger partial charge on any atom is 0.121 e. The average molecular weight is 279 g/mol. The number of benzene rings is 2. The van der Waals surface area contributed by atoms with Gasteiger partial charge >= 0.3 is 0 Å². The molecule has 3 aromatic rings. The minimum Gasteiger partial charge on any atom is -0.497 e. The van der Waals surface area contributed by atoms with E-state index < -0.39 is 0 Å². The van der Waals surface area contributed by atoms with Gasteiger partial charge in [-0.25, -0.2) is 0 Å². The highest BCUT2D eigenvalue weighted by Gasteiger charge is 2.14. The summed E-state index contributed by atoms with van der Waals surface area (Å²) in [6.45, 7) is 2.78. The van der Waals surface area contributed by atoms with Crippen LogP contribution in [0, 0.1) is 0 Å². The molecule has 1 aromatic heterocycles. The number of nitrogens with zero attached hydrogens (tertiary/aromatic N) is 3. The Kier molecular flexibility index (Phi) is 3.69. The summed E-state index contributed by atoms with van der Waals surface area (Å²) in [6.07, 6.45) is 0. The van der Waals surface area contributed by atoms with Gasteiger partial charge in [0.05, 0.1) is 13.7 Å². The van der Waals surface area contributed by atoms with Crippen LogP contribution in [0.1, 0.15) is 6.92 Å². The van der Waals surface area contributed by atoms with Crippen LogP contribution in [0.4, 0.5) is 0 Å². The van der Waals surface area contributed by atoms with E-state index in [1.807, 2.05) is 49.4 Å². The fraction of sp³-hybridized carbons (Fsp3) is 0.176. The number of aromatic nitrogens is 3. The highest BCUT2D eigenvalue weighted by Crippen LogP contribution is 2.29. The molecule has 4 heteroatoms. The lowest BCUT2D eigenvalue weighted by Crippen LogP contribution is -1.98. The number of aryl methyl sites for hydroxylation is 1. The Morgan fingerprint density at radius 1 is 0.857 bits per heavy atom. The van der Waals surface area contributed by atoms with Gasteiger partial charge in [-0.15, -0.1) is 0 Å². The number of hydrogen-bond donors (Lipinski definition) is 0. The van der Waals surface area contributed by atoms with Crippen molar-refractivity contribution in [1.82, 2.24) is 15.0 Å². The van der Waals surface area contributed by atoms with E-state index in [2.05, 4.69) is 22.3 Å². The van der Waals surface area contributed by atoms with Crippen LogP contribution in [0.25, 0.3) is 22.5 Å². The maximum absolute atomic E-state index is 5.21. The van der Waals surface area contributed by atoms with Gasteiger partial charge < -0.3 is 4.74 Å². The molecule has 0 bridgehead atoms. The van der Waals surface area contributed by atoms with E-state index in [-0.39, 0.29) is 0 Å². The molecule has 4 nitrogen and oxygen atoms in total. The van der Waals surface area contributed by atoms with Crippen molar-refractivity contribution >= 4 is 0 Å². The summed E-state index contributed by atoms with van der Waals surface area (Å²) in [5, 5.41) is 9.19. The largest absolute Gasteiger partial charge is 0.497 e. The van der Waals surface area contributed by atoms with Crippen LogP contribution in [0.5, 0.6) is 5.75 Å². The van der Waals surface area contributed by atoms with Gasteiger partial charge in [-0.3, -0.25) is 0 Å². The second-order valence-corrected chi connectivity index (χ2v) is 4.68. The van der Waals surface area contributed by atoms with Crippen molar-refractivity contribution in [2.45, 2.75) is 13.5 Å². The van der Waals surface area contributed by atoms with Gasteiger partial charge in [-0.2, -0.15) is 15.0 Å². The van der Waals surface area contributed by atoms with Crippen LogP contribution >= 0.6 is 0 Å². The molecule has 2 aromatic carbocycles. The molecule has 0 N–H and O–H groups in total. The van der Waals surface area contributed by atoms with E-state index in [1.54, 1.807) is 11.9 Å². The number of methoxy groups -OCH3 is 1. The molecule has 0 radical (unpaired) electrons. The molecular formula is C17H17N3O. The summed E-state index contributed by atoms with van der Waals surface area (Å²) in [5.74, 6) is 0.836. The molecule has 106 valence electrons. The molecule has 3 rings (SSSR count). The molecule has 0 saturated carbocycles. The molecule has 0 unspecified atom stereocenters. The fourth-order valence-corrected chi connectivity index (χ4v) is 2.22. The topological polar surface area (TPSA) is 39.9 Å². The fourth-order valence-electron chi connectivity index (χ4n) is 2.22. The van der Waals surface area contributed by atoms with Gasteiger partial charge in [0.1, 0.15) is 17.1 Å². The molecule has 21 heavy (non-hydrogen) atoms. The predicted molar refractivity (Wildman–Crippen MR) is 83.1 cm³/mol. The van der Waals surface area contributed by atoms with Crippen LogP contribution in [0.2, 0.25) is 0 Å². The van der Waals surface area contributed by atoms with Crippen molar-refractivity contribution in [3.63, 3.8) is 0 Å². The van der Waals surface area contributed by atoms with Crippen LogP contribution in [0.3, 0.4) is 0 Å². The number of rotatable bonds is 4. The first kappa shape index (κ1) is 13.4. The molecule has 0 aliphatic carbocycles. The first-order valence-electron chi connectivity index (χ1n) is 6.96. The molecule has 0 aliphatic rings. The quantitative estimate of drug-likeness (QED) is 0.732. The van der Waals surface area contributed by atoms with Crippen molar-refractivity contribution in [2.75, 3.05) is 7.11 Å². The zero-order valence-electron chi connectivity index (χ0n) is 12.2. The molecule has 0 amide bonds. The Hall–Kier alpha value is -2.62. The molecule has 1 heterocycles. The second kappa shape index (κ2) is 5.79. The predicted octanol–water partition coefficient (Wildman–Crippen LogP) is 3.64. The van der Waals surface area contributed by atoms with Gasteiger partial charge in [0.25, 0.3) is 0 Å². The lowest BCUT2D eigenvalue weighted by atomic mass is 10.1. The van der Waals surface area contributed by atoms with Gasteiger partial charge in [0.15, 0.2) is 0 Å². The van der Waals surface area contributed by atoms with Gasteiger partial charge in [-0.1, -0.05) is 30.3 Å². The monoisotopic (exact) mass is 279 g/mol. The maximum atomic E-state index is 5.21. The van der Waals surface area contributed by atoms with Crippen LogP contribution < -0.4 is 4.74 Å². The molecule has 0 atom stereocenters. The first-order valence-corrected chi connectivity index (χ1v) is 6.96. The highest BCUT2D eigenvalue weighted by molar-refractivity contribution is 5.77. The minimum absolute atomic E-state index is 0.746. The van der Waals surface area contributed by atoms with Gasteiger partial charge in [0.2, 0.25) is 0 Å². The highest BCUT2D eigenvalue weighted by atomic mass is 16.5. The lowest BCUT2D eigenvalue weighted by Gasteiger charge is -2.03. The van der Waals surface area contributed by atoms with Crippen LogP contribution in [0.15, 0.2) is 54.6 Å². The summed E-state index contributed by atoms with van der Waals surface area (Å²) in [5.41, 5.74) is 3.91. The van der Waals surface area contributed by atoms with E-state index >= 15 is 0 Å². The van der Waals surface area contributed by atoms with E-state index in [0.29, 0.717) is 0 Å². The third-order valence-corrected chi connectivity index (χ3v) is 3.35. The standard InChI is InChI=1S/C17H17N3O/c1-3-20-18-16(13-7-5-4-6-8-13)17(19-20)14-9-11-15(21-2)12-10-14/h4-12H,3H2,1-2H3. The van der Waals surface area contributed by atoms with Crippen molar-refractivity contribution in [3.8, 4) is 28.3 Å². The number of ether oxygens (including phenoxy) is 1. The number of hydrogen-bond acceptors (Lipinski definition) is 3. The SMILES string of the molecule is CCn1nc(-c2ccccc2)c(-c2ccc(OC)cc2)n1. The third kappa shape index (κ3) is 2.65. The van der Waals surface area contributed by atoms with Gasteiger partial charge in [0, 0.05) is 11.1 Å². The van der Waals surface area contributed by atoms with Crippen LogP contribution in [-0.4, -0.2) is 22.1 Å². The normalized spacial score (nSPS) is 10.6. The smallest absolute Gasteiger partial charge is 0.121 e. The van der Waals surface area contributed by atoms with E-state index in [1.165, 1.54) is 0 Å². The lowest BCUT2D eigenvalue weighted by molar-refractivity contribution is 0.415. The van der Waals surface area contributed by atoms with E-state index in [0.717, 1.165) is 34.8 Å². The Labute approximate surface area is 124 Å².